The lowest BCUT2D eigenvalue weighted by atomic mass is 10.2. The van der Waals surface area contributed by atoms with Crippen molar-refractivity contribution >= 4 is 14.3 Å². The first-order valence-corrected chi connectivity index (χ1v) is 6.67. The van der Waals surface area contributed by atoms with Crippen LogP contribution in [-0.2, 0) is 4.57 Å². The smallest absolute Gasteiger partial charge is 0.418 e. The fourth-order valence-corrected chi connectivity index (χ4v) is 2.07. The summed E-state index contributed by atoms with van der Waals surface area (Å²) in [5.74, 6) is 1.05. The first-order valence-electron chi connectivity index (χ1n) is 5.45. The van der Waals surface area contributed by atoms with E-state index >= 15 is 0 Å². The molecule has 0 aromatic heterocycles. The van der Waals surface area contributed by atoms with Crippen LogP contribution in [0.15, 0.2) is 61.2 Å². The van der Waals surface area contributed by atoms with Gasteiger partial charge in [-0.05, 0) is 29.8 Å². The number of hydrogen-bond donors (Lipinski definition) is 0. The van der Waals surface area contributed by atoms with Crippen LogP contribution in [-0.4, -0.2) is 0 Å². The summed E-state index contributed by atoms with van der Waals surface area (Å²) in [5.41, 5.74) is 0.978. The molecular weight excluding hydrogens is 247 g/mol. The third kappa shape index (κ3) is 3.51. The van der Waals surface area contributed by atoms with Crippen LogP contribution in [0.25, 0.3) is 6.08 Å². The minimum atomic E-state index is -2.59. The van der Waals surface area contributed by atoms with Gasteiger partial charge in [-0.1, -0.05) is 43.0 Å². The van der Waals surface area contributed by atoms with E-state index in [-0.39, 0.29) is 0 Å². The molecule has 0 amide bonds. The molecule has 1 unspecified atom stereocenters. The second-order valence-corrected chi connectivity index (χ2v) is 4.45. The van der Waals surface area contributed by atoms with Crippen molar-refractivity contribution in [2.24, 2.45) is 0 Å². The fourth-order valence-electron chi connectivity index (χ4n) is 1.37. The van der Waals surface area contributed by atoms with Crippen molar-refractivity contribution in [2.75, 3.05) is 0 Å². The van der Waals surface area contributed by atoms with Crippen molar-refractivity contribution in [3.63, 3.8) is 0 Å². The summed E-state index contributed by atoms with van der Waals surface area (Å²) in [6.45, 7) is 3.66. The van der Waals surface area contributed by atoms with Gasteiger partial charge in [0.25, 0.3) is 0 Å². The zero-order valence-electron chi connectivity index (χ0n) is 9.71. The normalized spacial score (nSPS) is 11.6. The Morgan fingerprint density at radius 1 is 0.889 bits per heavy atom. The summed E-state index contributed by atoms with van der Waals surface area (Å²) < 4.78 is 22.0. The summed E-state index contributed by atoms with van der Waals surface area (Å²) in [6.07, 6.45) is 1.73. The van der Waals surface area contributed by atoms with Crippen LogP contribution in [0, 0.1) is 0 Å². The molecule has 0 spiro atoms. The second kappa shape index (κ2) is 6.08. The van der Waals surface area contributed by atoms with Crippen molar-refractivity contribution < 1.29 is 13.6 Å². The maximum absolute atomic E-state index is 11.7. The highest BCUT2D eigenvalue weighted by molar-refractivity contribution is 7.34. The van der Waals surface area contributed by atoms with Gasteiger partial charge in [-0.25, -0.2) is 4.57 Å². The van der Waals surface area contributed by atoms with E-state index in [0.717, 1.165) is 5.56 Å². The average Bonchev–Trinajstić information content (AvgIpc) is 2.40. The fraction of sp³-hybridized carbons (Fsp3) is 0. The van der Waals surface area contributed by atoms with Gasteiger partial charge in [-0.3, -0.25) is 0 Å². The molecule has 0 heterocycles. The van der Waals surface area contributed by atoms with Crippen LogP contribution in [0.4, 0.5) is 0 Å². The minimum absolute atomic E-state index is 0.514. The zero-order chi connectivity index (χ0) is 12.8. The van der Waals surface area contributed by atoms with Crippen LogP contribution < -0.4 is 9.05 Å². The van der Waals surface area contributed by atoms with Crippen molar-refractivity contribution in [1.82, 2.24) is 0 Å². The highest BCUT2D eigenvalue weighted by Gasteiger charge is 2.03. The molecule has 3 nitrogen and oxygen atoms in total. The van der Waals surface area contributed by atoms with Gasteiger partial charge in [0.05, 0.1) is 0 Å². The zero-order valence-corrected chi connectivity index (χ0v) is 10.7. The predicted molar refractivity (Wildman–Crippen MR) is 73.2 cm³/mol. The quantitative estimate of drug-likeness (QED) is 0.756. The van der Waals surface area contributed by atoms with Gasteiger partial charge in [0.1, 0.15) is 11.5 Å². The highest BCUT2D eigenvalue weighted by Crippen LogP contribution is 2.30. The molecule has 2 rings (SSSR count). The molecule has 2 aromatic rings. The Balaban J connectivity index is 1.96. The van der Waals surface area contributed by atoms with Crippen LogP contribution in [0.2, 0.25) is 0 Å². The molecule has 0 aliphatic heterocycles. The maximum atomic E-state index is 11.7. The summed E-state index contributed by atoms with van der Waals surface area (Å²) in [4.78, 5) is 0. The van der Waals surface area contributed by atoms with Crippen LogP contribution in [0.1, 0.15) is 5.56 Å². The Morgan fingerprint density at radius 2 is 1.44 bits per heavy atom. The molecule has 18 heavy (non-hydrogen) atoms. The molecular formula is C14H13O3P. The molecule has 4 heteroatoms. The number of benzene rings is 2. The lowest BCUT2D eigenvalue weighted by Crippen LogP contribution is -1.88. The molecule has 0 saturated heterocycles. The van der Waals surface area contributed by atoms with E-state index in [1.54, 1.807) is 30.3 Å². The van der Waals surface area contributed by atoms with E-state index in [0.29, 0.717) is 11.5 Å². The van der Waals surface area contributed by atoms with Gasteiger partial charge < -0.3 is 9.05 Å². The lowest BCUT2D eigenvalue weighted by Gasteiger charge is -2.07. The van der Waals surface area contributed by atoms with E-state index in [2.05, 4.69) is 6.58 Å². The minimum Gasteiger partial charge on any atom is -0.418 e. The summed E-state index contributed by atoms with van der Waals surface area (Å²) in [7, 11) is -2.59. The third-order valence-electron chi connectivity index (χ3n) is 2.26. The van der Waals surface area contributed by atoms with E-state index in [4.69, 9.17) is 9.05 Å². The summed E-state index contributed by atoms with van der Waals surface area (Å²) in [6, 6.07) is 16.1. The van der Waals surface area contributed by atoms with Crippen molar-refractivity contribution in [3.8, 4) is 11.5 Å². The van der Waals surface area contributed by atoms with Gasteiger partial charge in [-0.15, -0.1) is 0 Å². The number of rotatable bonds is 5. The van der Waals surface area contributed by atoms with Gasteiger partial charge in [0.15, 0.2) is 0 Å². The average molecular weight is 260 g/mol. The van der Waals surface area contributed by atoms with E-state index in [9.17, 15) is 4.57 Å². The summed E-state index contributed by atoms with van der Waals surface area (Å²) in [5, 5.41) is 0. The molecule has 92 valence electrons. The Morgan fingerprint density at radius 3 is 2.00 bits per heavy atom. The molecule has 1 atom stereocenters. The van der Waals surface area contributed by atoms with Crippen molar-refractivity contribution in [1.29, 1.82) is 0 Å². The largest absolute Gasteiger partial charge is 0.418 e. The molecule has 0 saturated carbocycles. The van der Waals surface area contributed by atoms with E-state index in [1.165, 1.54) is 0 Å². The number of para-hydroxylation sites is 1. The molecule has 0 fully saturated rings. The Hall–Kier alpha value is -1.99. The van der Waals surface area contributed by atoms with Gasteiger partial charge in [0.2, 0.25) is 0 Å². The Bertz CT molecular complexity index is 535. The topological polar surface area (TPSA) is 35.5 Å². The van der Waals surface area contributed by atoms with E-state index in [1.807, 2.05) is 30.3 Å². The lowest BCUT2D eigenvalue weighted by molar-refractivity contribution is 0.415. The summed E-state index contributed by atoms with van der Waals surface area (Å²) >= 11 is 0. The van der Waals surface area contributed by atoms with E-state index < -0.39 is 8.25 Å². The van der Waals surface area contributed by atoms with Crippen LogP contribution in [0.5, 0.6) is 11.5 Å². The van der Waals surface area contributed by atoms with Gasteiger partial charge in [-0.2, -0.15) is 0 Å². The maximum Gasteiger partial charge on any atom is 0.418 e. The first-order chi connectivity index (χ1) is 8.78. The van der Waals surface area contributed by atoms with Gasteiger partial charge >= 0.3 is 8.25 Å². The van der Waals surface area contributed by atoms with Crippen LogP contribution >= 0.6 is 8.25 Å². The third-order valence-corrected chi connectivity index (χ3v) is 3.07. The standard InChI is InChI=1S/C14H13O3P/c1-2-12-8-10-14(11-9-12)17-18(15)16-13-6-4-3-5-7-13/h2-11,18H,1H2. The van der Waals surface area contributed by atoms with Crippen molar-refractivity contribution in [2.45, 2.75) is 0 Å². The first kappa shape index (κ1) is 12.5. The Kier molecular flexibility index (Phi) is 4.21. The second-order valence-electron chi connectivity index (χ2n) is 3.54. The van der Waals surface area contributed by atoms with Crippen LogP contribution in [0.3, 0.4) is 0 Å². The SMILES string of the molecule is C=Cc1ccc(O[PH](=O)Oc2ccccc2)cc1. The number of hydrogen-bond acceptors (Lipinski definition) is 3. The Labute approximate surface area is 107 Å². The van der Waals surface area contributed by atoms with Gasteiger partial charge in [0, 0.05) is 0 Å². The molecule has 0 N–H and O–H groups in total. The highest BCUT2D eigenvalue weighted by atomic mass is 31.1. The monoisotopic (exact) mass is 260 g/mol. The molecule has 0 radical (unpaired) electrons. The molecule has 0 aliphatic carbocycles. The molecule has 0 bridgehead atoms. The van der Waals surface area contributed by atoms with Crippen molar-refractivity contribution in [3.05, 3.63) is 66.7 Å². The predicted octanol–water partition coefficient (Wildman–Crippen LogP) is 4.18. The molecule has 2 aromatic carbocycles. The molecule has 0 aliphatic rings.